The van der Waals surface area contributed by atoms with Gasteiger partial charge in [0.25, 0.3) is 0 Å². The minimum atomic E-state index is -2.45. The van der Waals surface area contributed by atoms with Crippen molar-refractivity contribution in [2.75, 3.05) is 46.8 Å². The van der Waals surface area contributed by atoms with Crippen LogP contribution in [0.25, 0.3) is 0 Å². The molecular formula is C15H36NO6PSi. The molecule has 0 amide bonds. The largest absolute Gasteiger partial charge is 0.382 e. The van der Waals surface area contributed by atoms with E-state index in [2.05, 4.69) is 19.6 Å². The zero-order valence-electron chi connectivity index (χ0n) is 16.5. The molecule has 2 atom stereocenters. The highest BCUT2D eigenvalue weighted by atomic mass is 31.2. The molecule has 0 radical (unpaired) electrons. The molecule has 0 aliphatic carbocycles. The van der Waals surface area contributed by atoms with Crippen LogP contribution < -0.4 is 0 Å². The van der Waals surface area contributed by atoms with Gasteiger partial charge in [-0.15, -0.1) is 0 Å². The summed E-state index contributed by atoms with van der Waals surface area (Å²) < 4.78 is 38.5. The van der Waals surface area contributed by atoms with Gasteiger partial charge >= 0.3 is 0 Å². The summed E-state index contributed by atoms with van der Waals surface area (Å²) in [6.45, 7) is 14.2. The minimum absolute atomic E-state index is 0.417. The Morgan fingerprint density at radius 2 is 1.25 bits per heavy atom. The van der Waals surface area contributed by atoms with E-state index in [1.165, 1.54) is 0 Å². The van der Waals surface area contributed by atoms with Crippen LogP contribution in [0.5, 0.6) is 0 Å². The second-order valence-corrected chi connectivity index (χ2v) is 13.8. The molecule has 9 heteroatoms. The maximum atomic E-state index is 6.15. The van der Waals surface area contributed by atoms with Crippen molar-refractivity contribution in [2.24, 2.45) is 4.41 Å². The van der Waals surface area contributed by atoms with Gasteiger partial charge in [-0.05, 0) is 33.5 Å². The predicted octanol–water partition coefficient (Wildman–Crippen LogP) is 3.92. The maximum absolute atomic E-state index is 6.15. The second kappa shape index (κ2) is 12.5. The Labute approximate surface area is 148 Å². The van der Waals surface area contributed by atoms with E-state index < -0.39 is 28.3 Å². The summed E-state index contributed by atoms with van der Waals surface area (Å²) in [5.74, 6) is 0. The lowest BCUT2D eigenvalue weighted by molar-refractivity contribution is -0.109. The number of nitrogens with zero attached hydrogens (tertiary/aromatic N) is 1. The van der Waals surface area contributed by atoms with Crippen LogP contribution in [-0.2, 0) is 28.0 Å². The van der Waals surface area contributed by atoms with Crippen LogP contribution in [0.4, 0.5) is 0 Å². The fraction of sp³-hybridized carbons (Fsp3) is 1.00. The molecule has 0 bridgehead atoms. The second-order valence-electron chi connectivity index (χ2n) is 6.30. The quantitative estimate of drug-likeness (QED) is 0.195. The molecule has 7 nitrogen and oxygen atoms in total. The summed E-state index contributed by atoms with van der Waals surface area (Å²) in [7, 11) is -0.933. The van der Waals surface area contributed by atoms with E-state index in [4.69, 9.17) is 32.4 Å². The maximum Gasteiger partial charge on any atom is 0.207 e. The first kappa shape index (κ1) is 24.2. The number of methoxy groups -OCH3 is 2. The average molecular weight is 386 g/mol. The SMILES string of the molecule is CCP(=N[Si](C)(C)C)(OC(C)OCCOC)OC(C)OCCOC. The Morgan fingerprint density at radius 3 is 1.54 bits per heavy atom. The van der Waals surface area contributed by atoms with Gasteiger partial charge in [-0.1, -0.05) is 6.92 Å². The zero-order chi connectivity index (χ0) is 18.6. The molecule has 0 heterocycles. The molecule has 2 unspecified atom stereocenters. The molecule has 146 valence electrons. The Kier molecular flexibility index (Phi) is 12.7. The number of hydrogen-bond acceptors (Lipinski definition) is 7. The van der Waals surface area contributed by atoms with Gasteiger partial charge in [-0.3, -0.25) is 13.5 Å². The smallest absolute Gasteiger partial charge is 0.207 e. The van der Waals surface area contributed by atoms with E-state index in [0.717, 1.165) is 0 Å². The molecule has 0 aromatic carbocycles. The lowest BCUT2D eigenvalue weighted by Crippen LogP contribution is -2.23. The Hall–Kier alpha value is 0.207. The number of hydrogen-bond donors (Lipinski definition) is 0. The summed E-state index contributed by atoms with van der Waals surface area (Å²) in [6.07, 6.45) is -0.160. The van der Waals surface area contributed by atoms with Crippen LogP contribution in [0.1, 0.15) is 20.8 Å². The Balaban J connectivity index is 5.04. The van der Waals surface area contributed by atoms with Crippen LogP contribution in [0.15, 0.2) is 4.41 Å². The topological polar surface area (TPSA) is 67.7 Å². The normalized spacial score (nSPS) is 17.3. The van der Waals surface area contributed by atoms with Crippen molar-refractivity contribution in [3.8, 4) is 0 Å². The van der Waals surface area contributed by atoms with E-state index in [9.17, 15) is 0 Å². The first-order chi connectivity index (χ1) is 11.2. The summed E-state index contributed by atoms with van der Waals surface area (Å²) in [5, 5.41) is 0. The van der Waals surface area contributed by atoms with E-state index in [0.29, 0.717) is 32.6 Å². The van der Waals surface area contributed by atoms with Crippen molar-refractivity contribution in [3.63, 3.8) is 0 Å². The van der Waals surface area contributed by atoms with E-state index in [1.54, 1.807) is 14.2 Å². The third kappa shape index (κ3) is 11.7. The van der Waals surface area contributed by atoms with Gasteiger partial charge in [0.05, 0.1) is 26.4 Å². The highest BCUT2D eigenvalue weighted by Gasteiger charge is 2.29. The van der Waals surface area contributed by atoms with Gasteiger partial charge in [-0.2, -0.15) is 0 Å². The summed E-state index contributed by atoms with van der Waals surface area (Å²) in [4.78, 5) is 0. The van der Waals surface area contributed by atoms with Gasteiger partial charge < -0.3 is 18.9 Å². The van der Waals surface area contributed by atoms with Crippen molar-refractivity contribution < 1.29 is 28.0 Å². The average Bonchev–Trinajstić information content (AvgIpc) is 2.45. The Morgan fingerprint density at radius 1 is 0.833 bits per heavy atom. The highest BCUT2D eigenvalue weighted by Crippen LogP contribution is 2.55. The molecule has 0 aromatic heterocycles. The lowest BCUT2D eigenvalue weighted by atomic mass is 10.7. The molecule has 0 aromatic rings. The van der Waals surface area contributed by atoms with Crippen molar-refractivity contribution >= 4 is 15.7 Å². The zero-order valence-corrected chi connectivity index (χ0v) is 18.4. The molecule has 0 N–H and O–H groups in total. The highest BCUT2D eigenvalue weighted by molar-refractivity contribution is 7.57. The van der Waals surface area contributed by atoms with Crippen LogP contribution in [0.3, 0.4) is 0 Å². The fourth-order valence-electron chi connectivity index (χ4n) is 1.87. The van der Waals surface area contributed by atoms with Crippen molar-refractivity contribution in [2.45, 2.75) is 53.0 Å². The van der Waals surface area contributed by atoms with E-state index in [-0.39, 0.29) is 0 Å². The number of ether oxygens (including phenoxy) is 4. The molecule has 24 heavy (non-hydrogen) atoms. The molecule has 0 spiro atoms. The molecule has 0 fully saturated rings. The first-order valence-corrected chi connectivity index (χ1v) is 13.6. The van der Waals surface area contributed by atoms with Crippen LogP contribution in [0.2, 0.25) is 19.6 Å². The summed E-state index contributed by atoms with van der Waals surface area (Å²) in [6, 6.07) is 0. The van der Waals surface area contributed by atoms with Gasteiger partial charge in [0, 0.05) is 20.4 Å². The van der Waals surface area contributed by atoms with Gasteiger partial charge in [0.15, 0.2) is 20.8 Å². The molecule has 0 rings (SSSR count). The molecule has 0 aliphatic heterocycles. The van der Waals surface area contributed by atoms with Crippen LogP contribution in [-0.4, -0.2) is 67.6 Å². The van der Waals surface area contributed by atoms with E-state index >= 15 is 0 Å². The van der Waals surface area contributed by atoms with Crippen molar-refractivity contribution in [1.29, 1.82) is 0 Å². The van der Waals surface area contributed by atoms with E-state index in [1.807, 2.05) is 20.8 Å². The van der Waals surface area contributed by atoms with Crippen molar-refractivity contribution in [1.82, 2.24) is 0 Å². The van der Waals surface area contributed by atoms with Gasteiger partial charge in [-0.25, -0.2) is 0 Å². The van der Waals surface area contributed by atoms with Crippen LogP contribution in [0, 0.1) is 0 Å². The van der Waals surface area contributed by atoms with Crippen molar-refractivity contribution in [3.05, 3.63) is 0 Å². The Bertz CT molecular complexity index is 355. The summed E-state index contributed by atoms with van der Waals surface area (Å²) in [5.41, 5.74) is 0. The first-order valence-electron chi connectivity index (χ1n) is 8.38. The molecule has 0 saturated heterocycles. The van der Waals surface area contributed by atoms with Crippen LogP contribution >= 0.6 is 7.51 Å². The fourth-order valence-corrected chi connectivity index (χ4v) is 7.87. The molecule has 0 saturated carbocycles. The minimum Gasteiger partial charge on any atom is -0.382 e. The molecule has 0 aliphatic rings. The lowest BCUT2D eigenvalue weighted by Gasteiger charge is -2.31. The predicted molar refractivity (Wildman–Crippen MR) is 100.0 cm³/mol. The van der Waals surface area contributed by atoms with Gasteiger partial charge in [0.2, 0.25) is 7.51 Å². The third-order valence-electron chi connectivity index (χ3n) is 2.76. The van der Waals surface area contributed by atoms with Gasteiger partial charge in [0.1, 0.15) is 0 Å². The standard InChI is InChI=1S/C15H36NO6PSi/c1-9-23(16-24(6,7)8,21-14(2)19-12-10-17-4)22-15(3)20-13-11-18-5/h14-15H,9-13H2,1-8H3. The monoisotopic (exact) mass is 385 g/mol. The number of rotatable bonds is 14. The summed E-state index contributed by atoms with van der Waals surface area (Å²) >= 11 is 0. The molecular weight excluding hydrogens is 349 g/mol. The third-order valence-corrected chi connectivity index (χ3v) is 8.43.